The number of aryl methyl sites for hydroxylation is 1. The Labute approximate surface area is 123 Å². The summed E-state index contributed by atoms with van der Waals surface area (Å²) in [5, 5.41) is 0.601. The number of carbonyl (C=O) groups excluding carboxylic acids is 1. The van der Waals surface area contributed by atoms with E-state index in [1.54, 1.807) is 6.07 Å². The largest absolute Gasteiger partial charge is 0.347 e. The van der Waals surface area contributed by atoms with Crippen LogP contribution < -0.4 is 0 Å². The number of piperidine rings is 1. The zero-order valence-electron chi connectivity index (χ0n) is 11.5. The minimum atomic E-state index is -0.443. The highest BCUT2D eigenvalue weighted by atomic mass is 35.5. The van der Waals surface area contributed by atoms with Gasteiger partial charge < -0.3 is 14.4 Å². The van der Waals surface area contributed by atoms with Crippen molar-refractivity contribution in [3.8, 4) is 0 Å². The van der Waals surface area contributed by atoms with Crippen molar-refractivity contribution in [2.75, 3.05) is 26.3 Å². The number of amides is 1. The van der Waals surface area contributed by atoms with Gasteiger partial charge in [-0.25, -0.2) is 0 Å². The average Bonchev–Trinajstić information content (AvgIpc) is 2.86. The van der Waals surface area contributed by atoms with Crippen molar-refractivity contribution in [2.24, 2.45) is 0 Å². The van der Waals surface area contributed by atoms with Crippen LogP contribution in [0.2, 0.25) is 5.02 Å². The Kier molecular flexibility index (Phi) is 3.71. The summed E-state index contributed by atoms with van der Waals surface area (Å²) in [5.41, 5.74) is 1.65. The third-order valence-corrected chi connectivity index (χ3v) is 4.13. The number of rotatable bonds is 1. The smallest absolute Gasteiger partial charge is 0.253 e. The molecule has 0 N–H and O–H groups in total. The number of likely N-dealkylation sites (tertiary alicyclic amines) is 1. The van der Waals surface area contributed by atoms with Gasteiger partial charge in [-0.05, 0) is 30.7 Å². The Hall–Kier alpha value is -1.10. The van der Waals surface area contributed by atoms with E-state index in [1.165, 1.54) is 0 Å². The van der Waals surface area contributed by atoms with Crippen LogP contribution in [0.4, 0.5) is 0 Å². The van der Waals surface area contributed by atoms with Crippen LogP contribution in [-0.2, 0) is 9.47 Å². The SMILES string of the molecule is Cc1cc(Cl)cc(C(=O)N2CCC3(CC2)OCCO3)c1. The Balaban J connectivity index is 1.69. The van der Waals surface area contributed by atoms with Crippen LogP contribution in [0.5, 0.6) is 0 Å². The Morgan fingerprint density at radius 3 is 2.45 bits per heavy atom. The molecule has 0 unspecified atom stereocenters. The second kappa shape index (κ2) is 5.35. The molecule has 2 saturated heterocycles. The van der Waals surface area contributed by atoms with Gasteiger partial charge in [0.2, 0.25) is 0 Å². The molecular formula is C15H18ClNO3. The number of nitrogens with zero attached hydrogens (tertiary/aromatic N) is 1. The molecule has 5 heteroatoms. The Bertz CT molecular complexity index is 496. The molecule has 0 radical (unpaired) electrons. The standard InChI is InChI=1S/C15H18ClNO3/c1-11-8-12(10-13(16)9-11)14(18)17-4-2-15(3-5-17)19-6-7-20-15/h8-10H,2-7H2,1H3. The van der Waals surface area contributed by atoms with Crippen molar-refractivity contribution in [3.63, 3.8) is 0 Å². The quantitative estimate of drug-likeness (QED) is 0.799. The first-order valence-electron chi connectivity index (χ1n) is 6.92. The maximum atomic E-state index is 12.5. The van der Waals surface area contributed by atoms with Crippen molar-refractivity contribution < 1.29 is 14.3 Å². The first-order valence-corrected chi connectivity index (χ1v) is 7.30. The van der Waals surface area contributed by atoms with Crippen molar-refractivity contribution in [1.29, 1.82) is 0 Å². The molecule has 108 valence electrons. The van der Waals surface area contributed by atoms with Gasteiger partial charge in [0.05, 0.1) is 13.2 Å². The fraction of sp³-hybridized carbons (Fsp3) is 0.533. The number of benzene rings is 1. The lowest BCUT2D eigenvalue weighted by Gasteiger charge is -2.37. The van der Waals surface area contributed by atoms with Gasteiger partial charge in [-0.1, -0.05) is 11.6 Å². The number of ether oxygens (including phenoxy) is 2. The highest BCUT2D eigenvalue weighted by Crippen LogP contribution is 2.31. The summed E-state index contributed by atoms with van der Waals surface area (Å²) in [6.45, 7) is 4.56. The van der Waals surface area contributed by atoms with E-state index >= 15 is 0 Å². The third kappa shape index (κ3) is 2.68. The summed E-state index contributed by atoms with van der Waals surface area (Å²) < 4.78 is 11.3. The first kappa shape index (κ1) is 13.9. The summed E-state index contributed by atoms with van der Waals surface area (Å²) in [6, 6.07) is 5.45. The van der Waals surface area contributed by atoms with Gasteiger partial charge in [0.15, 0.2) is 5.79 Å². The molecule has 1 amide bonds. The molecule has 4 nitrogen and oxygen atoms in total. The predicted octanol–water partition coefficient (Wildman–Crippen LogP) is 2.63. The zero-order valence-corrected chi connectivity index (χ0v) is 12.3. The van der Waals surface area contributed by atoms with Gasteiger partial charge in [-0.15, -0.1) is 0 Å². The minimum absolute atomic E-state index is 0.0310. The molecule has 20 heavy (non-hydrogen) atoms. The summed E-state index contributed by atoms with van der Waals surface area (Å²) >= 11 is 6.02. The summed E-state index contributed by atoms with van der Waals surface area (Å²) in [7, 11) is 0. The topological polar surface area (TPSA) is 38.8 Å². The van der Waals surface area contributed by atoms with Gasteiger partial charge in [-0.2, -0.15) is 0 Å². The molecule has 2 fully saturated rings. The van der Waals surface area contributed by atoms with Crippen LogP contribution in [0.3, 0.4) is 0 Å². The first-order chi connectivity index (χ1) is 9.58. The fourth-order valence-corrected chi connectivity index (χ4v) is 3.17. The molecule has 2 heterocycles. The molecular weight excluding hydrogens is 278 g/mol. The lowest BCUT2D eigenvalue weighted by Crippen LogP contribution is -2.47. The lowest BCUT2D eigenvalue weighted by molar-refractivity contribution is -0.181. The highest BCUT2D eigenvalue weighted by Gasteiger charge is 2.40. The summed E-state index contributed by atoms with van der Waals surface area (Å²) in [5.74, 6) is -0.412. The average molecular weight is 296 g/mol. The minimum Gasteiger partial charge on any atom is -0.347 e. The van der Waals surface area contributed by atoms with Gasteiger partial charge in [-0.3, -0.25) is 4.79 Å². The van der Waals surface area contributed by atoms with Crippen molar-refractivity contribution in [2.45, 2.75) is 25.6 Å². The molecule has 2 aliphatic rings. The van der Waals surface area contributed by atoms with E-state index in [2.05, 4.69) is 0 Å². The second-order valence-corrected chi connectivity index (χ2v) is 5.85. The highest BCUT2D eigenvalue weighted by molar-refractivity contribution is 6.31. The molecule has 0 aliphatic carbocycles. The molecule has 3 rings (SSSR count). The number of halogens is 1. The lowest BCUT2D eigenvalue weighted by atomic mass is 10.0. The van der Waals surface area contributed by atoms with Crippen LogP contribution in [0, 0.1) is 6.92 Å². The van der Waals surface area contributed by atoms with Crippen LogP contribution in [0.15, 0.2) is 18.2 Å². The van der Waals surface area contributed by atoms with E-state index in [-0.39, 0.29) is 5.91 Å². The predicted molar refractivity (Wildman–Crippen MR) is 76.0 cm³/mol. The van der Waals surface area contributed by atoms with E-state index in [0.717, 1.165) is 18.4 Å². The van der Waals surface area contributed by atoms with Gasteiger partial charge >= 0.3 is 0 Å². The number of carbonyl (C=O) groups is 1. The van der Waals surface area contributed by atoms with E-state index in [4.69, 9.17) is 21.1 Å². The summed E-state index contributed by atoms with van der Waals surface area (Å²) in [4.78, 5) is 14.3. The molecule has 1 spiro atoms. The van der Waals surface area contributed by atoms with Crippen LogP contribution in [-0.4, -0.2) is 42.9 Å². The molecule has 0 aromatic heterocycles. The van der Waals surface area contributed by atoms with Crippen LogP contribution >= 0.6 is 11.6 Å². The maximum Gasteiger partial charge on any atom is 0.253 e. The van der Waals surface area contributed by atoms with Gasteiger partial charge in [0.25, 0.3) is 5.91 Å². The van der Waals surface area contributed by atoms with E-state index in [1.807, 2.05) is 24.0 Å². The van der Waals surface area contributed by atoms with E-state index in [9.17, 15) is 4.79 Å². The molecule has 2 aliphatic heterocycles. The number of hydrogen-bond donors (Lipinski definition) is 0. The Morgan fingerprint density at radius 2 is 1.85 bits per heavy atom. The Morgan fingerprint density at radius 1 is 1.20 bits per heavy atom. The van der Waals surface area contributed by atoms with E-state index in [0.29, 0.717) is 36.9 Å². The van der Waals surface area contributed by atoms with Crippen molar-refractivity contribution in [1.82, 2.24) is 4.90 Å². The monoisotopic (exact) mass is 295 g/mol. The summed E-state index contributed by atoms with van der Waals surface area (Å²) in [6.07, 6.45) is 1.47. The van der Waals surface area contributed by atoms with Crippen molar-refractivity contribution in [3.05, 3.63) is 34.3 Å². The second-order valence-electron chi connectivity index (χ2n) is 5.42. The van der Waals surface area contributed by atoms with Crippen LogP contribution in [0.25, 0.3) is 0 Å². The molecule has 0 atom stereocenters. The van der Waals surface area contributed by atoms with Gasteiger partial charge in [0.1, 0.15) is 0 Å². The molecule has 0 saturated carbocycles. The fourth-order valence-electron chi connectivity index (χ4n) is 2.88. The van der Waals surface area contributed by atoms with Crippen LogP contribution in [0.1, 0.15) is 28.8 Å². The number of hydrogen-bond acceptors (Lipinski definition) is 3. The van der Waals surface area contributed by atoms with Crippen molar-refractivity contribution >= 4 is 17.5 Å². The molecule has 1 aromatic carbocycles. The van der Waals surface area contributed by atoms with E-state index < -0.39 is 5.79 Å². The molecule has 0 bridgehead atoms. The maximum absolute atomic E-state index is 12.5. The molecule has 1 aromatic rings. The third-order valence-electron chi connectivity index (χ3n) is 3.92. The normalized spacial score (nSPS) is 21.4. The van der Waals surface area contributed by atoms with Gasteiger partial charge in [0, 0.05) is 36.5 Å². The zero-order chi connectivity index (χ0) is 14.2.